The molecule has 0 spiro atoms. The third kappa shape index (κ3) is 9.90. The number of ether oxygens (including phenoxy) is 4. The topological polar surface area (TPSA) is 36.9 Å². The van der Waals surface area contributed by atoms with Crippen LogP contribution in [-0.2, 0) is 15.1 Å². The van der Waals surface area contributed by atoms with Crippen LogP contribution in [0, 0.1) is 38.5 Å². The monoisotopic (exact) mass is 916 g/mol. The molecule has 6 aromatic rings. The fourth-order valence-corrected chi connectivity index (χ4v) is 11.8. The molecule has 0 saturated heterocycles. The average molecular weight is 917 g/mol. The van der Waals surface area contributed by atoms with Crippen molar-refractivity contribution >= 4 is 67.1 Å². The standard InChI is InChI=1S/C42H36O4P2.C6H6.2ClH.Ru/c1-41(2)43-33-25-27-35(47(29-17-9-5-10-18-29)30-19-11-6-12-20-30)37(39(33)45-41)38-36(28-26-34-40(38)46-42(3,4)44-34)48(31-21-13-7-14-22-31)32-23-15-8-16-24-32;1-2-4-6-5-3-1;;;/h5-28H,1-4H3;1-6H;2*1H;/q;;;;+2/p-2. The molecular weight excluding hydrogens is 874 g/mol. The molecule has 0 bridgehead atoms. The van der Waals surface area contributed by atoms with E-state index >= 15 is 0 Å². The molecule has 0 atom stereocenters. The van der Waals surface area contributed by atoms with Gasteiger partial charge in [0.05, 0.1) is 0 Å². The quantitative estimate of drug-likeness (QED) is 0.118. The Morgan fingerprint density at radius 1 is 0.386 bits per heavy atom. The van der Waals surface area contributed by atoms with Crippen LogP contribution in [0.15, 0.2) is 146 Å². The summed E-state index contributed by atoms with van der Waals surface area (Å²) < 4.78 is 26.5. The maximum absolute atomic E-state index is 6.80. The van der Waals surface area contributed by atoms with E-state index in [9.17, 15) is 0 Å². The summed E-state index contributed by atoms with van der Waals surface area (Å²) in [4.78, 5) is 0. The second kappa shape index (κ2) is 19.1. The minimum absolute atomic E-state index is 0.346. The van der Waals surface area contributed by atoms with Gasteiger partial charge in [0.1, 0.15) is 0 Å². The molecule has 9 heteroatoms. The predicted molar refractivity (Wildman–Crippen MR) is 237 cm³/mol. The molecule has 1 saturated carbocycles. The van der Waals surface area contributed by atoms with Gasteiger partial charge in [0.25, 0.3) is 0 Å². The fraction of sp³-hybridized carbons (Fsp3) is 0.125. The molecule has 1 fully saturated rings. The van der Waals surface area contributed by atoms with Gasteiger partial charge in [-0.15, -0.1) is 0 Å². The van der Waals surface area contributed by atoms with Crippen LogP contribution in [0.3, 0.4) is 0 Å². The Hall–Kier alpha value is -3.42. The molecule has 2 heterocycles. The first-order valence-corrected chi connectivity index (χ1v) is 25.6. The molecule has 4 nitrogen and oxygen atoms in total. The summed E-state index contributed by atoms with van der Waals surface area (Å²) in [5.74, 6) is 1.24. The fourth-order valence-electron chi connectivity index (χ4n) is 6.94. The molecule has 6 aromatic carbocycles. The summed E-state index contributed by atoms with van der Waals surface area (Å²) in [7, 11) is 7.66. The van der Waals surface area contributed by atoms with E-state index in [1.165, 1.54) is 31.8 Å². The normalized spacial score (nSPS) is 15.7. The van der Waals surface area contributed by atoms with Gasteiger partial charge in [0.15, 0.2) is 23.0 Å². The minimum atomic E-state index is -1.02. The van der Waals surface area contributed by atoms with Crippen molar-refractivity contribution in [3.05, 3.63) is 184 Å². The van der Waals surface area contributed by atoms with Crippen molar-refractivity contribution in [2.45, 2.75) is 39.3 Å². The van der Waals surface area contributed by atoms with Crippen molar-refractivity contribution < 1.29 is 34.1 Å². The van der Waals surface area contributed by atoms with E-state index in [0.29, 0.717) is 0 Å². The second-order valence-corrected chi connectivity index (χ2v) is 21.0. The van der Waals surface area contributed by atoms with Gasteiger partial charge >= 0.3 is 34.5 Å². The molecule has 290 valence electrons. The van der Waals surface area contributed by atoms with Crippen molar-refractivity contribution in [2.24, 2.45) is 0 Å². The van der Waals surface area contributed by atoms with E-state index in [4.69, 9.17) is 38.3 Å². The van der Waals surface area contributed by atoms with Crippen LogP contribution in [0.1, 0.15) is 27.7 Å². The Kier molecular flexibility index (Phi) is 14.0. The van der Waals surface area contributed by atoms with Gasteiger partial charge in [-0.3, -0.25) is 0 Å². The van der Waals surface area contributed by atoms with E-state index in [2.05, 4.69) is 146 Å². The first-order valence-electron chi connectivity index (χ1n) is 18.5. The van der Waals surface area contributed by atoms with Crippen LogP contribution in [0.4, 0.5) is 0 Å². The molecule has 0 amide bonds. The zero-order chi connectivity index (χ0) is 39.8. The van der Waals surface area contributed by atoms with E-state index in [-0.39, 0.29) is 15.1 Å². The molecular formula is C48H42Cl2O4P2Ru. The summed E-state index contributed by atoms with van der Waals surface area (Å²) in [5, 5.41) is 7.33. The van der Waals surface area contributed by atoms with Crippen molar-refractivity contribution in [3.8, 4) is 34.1 Å². The number of hydrogen-bond acceptors (Lipinski definition) is 4. The summed E-state index contributed by atoms with van der Waals surface area (Å²) in [6.07, 6.45) is 12.0. The Labute approximate surface area is 356 Å². The number of benzene rings is 6. The Morgan fingerprint density at radius 2 is 0.649 bits per heavy atom. The first kappa shape index (κ1) is 41.7. The van der Waals surface area contributed by atoms with Crippen molar-refractivity contribution in [3.63, 3.8) is 0 Å². The van der Waals surface area contributed by atoms with E-state index < -0.39 is 27.4 Å². The molecule has 0 unspecified atom stereocenters. The number of hydrogen-bond donors (Lipinski definition) is 0. The molecule has 3 aliphatic rings. The van der Waals surface area contributed by atoms with Gasteiger partial charge in [0, 0.05) is 38.8 Å². The van der Waals surface area contributed by atoms with Crippen LogP contribution < -0.4 is 50.8 Å². The number of fused-ring (bicyclic) bond motifs is 2. The zero-order valence-corrected chi connectivity index (χ0v) is 37.0. The van der Waals surface area contributed by atoms with Gasteiger partial charge in [0.2, 0.25) is 11.6 Å². The van der Waals surface area contributed by atoms with E-state index in [1.807, 2.05) is 66.2 Å². The Bertz CT molecular complexity index is 1980. The molecule has 6 radical (unpaired) electrons. The first-order chi connectivity index (χ1) is 27.7. The van der Waals surface area contributed by atoms with Crippen molar-refractivity contribution in [1.29, 1.82) is 0 Å². The van der Waals surface area contributed by atoms with Gasteiger partial charge in [-0.25, -0.2) is 0 Å². The predicted octanol–water partition coefficient (Wildman–Crippen LogP) is 10.5. The average Bonchev–Trinajstić information content (AvgIpc) is 3.74. The van der Waals surface area contributed by atoms with Crippen LogP contribution in [0.2, 0.25) is 0 Å². The maximum atomic E-state index is 6.80. The van der Waals surface area contributed by atoms with Crippen LogP contribution in [0.5, 0.6) is 23.0 Å². The molecule has 1 aliphatic carbocycles. The van der Waals surface area contributed by atoms with Gasteiger partial charge in [-0.1, -0.05) is 121 Å². The third-order valence-corrected chi connectivity index (χ3v) is 14.0. The molecule has 9 rings (SSSR count). The molecule has 57 heavy (non-hydrogen) atoms. The van der Waals surface area contributed by atoms with Crippen molar-refractivity contribution in [1.82, 2.24) is 0 Å². The third-order valence-electron chi connectivity index (χ3n) is 9.06. The molecule has 0 aromatic heterocycles. The summed E-state index contributed by atoms with van der Waals surface area (Å²) in [6.45, 7) is 7.86. The van der Waals surface area contributed by atoms with Crippen molar-refractivity contribution in [2.75, 3.05) is 0 Å². The van der Waals surface area contributed by atoms with E-state index in [0.717, 1.165) is 34.1 Å². The molecule has 2 aliphatic heterocycles. The zero-order valence-electron chi connectivity index (χ0n) is 32.0. The second-order valence-electron chi connectivity index (χ2n) is 14.0. The summed E-state index contributed by atoms with van der Waals surface area (Å²) in [6, 6.07) is 51.8. The summed E-state index contributed by atoms with van der Waals surface area (Å²) in [5.41, 5.74) is 1.98. The SMILES string of the molecule is CC1(C)Oc2ccc(P(c3ccccc3)c3ccccc3)c(-c3c(P(c4ccccc4)c4ccccc4)ccc4c3OC(C)(C)O4)c2O1.[CH]1[CH][CH][CH][CH][CH]1.[Cl][Ru][Cl]. The number of rotatable bonds is 7. The number of halogens is 2. The Balaban J connectivity index is 0.000000493. The Morgan fingerprint density at radius 3 is 0.912 bits per heavy atom. The van der Waals surface area contributed by atoms with Gasteiger partial charge < -0.3 is 18.9 Å². The van der Waals surface area contributed by atoms with Gasteiger partial charge in [-0.2, -0.15) is 0 Å². The van der Waals surface area contributed by atoms with Crippen LogP contribution >= 0.6 is 35.2 Å². The van der Waals surface area contributed by atoms with Crippen LogP contribution in [0.25, 0.3) is 11.1 Å². The van der Waals surface area contributed by atoms with Gasteiger partial charge in [-0.05, 0) is 110 Å². The van der Waals surface area contributed by atoms with E-state index in [1.54, 1.807) is 0 Å². The summed E-state index contributed by atoms with van der Waals surface area (Å²) >= 11 is -0.346. The van der Waals surface area contributed by atoms with Crippen LogP contribution in [-0.4, -0.2) is 11.6 Å². The molecule has 0 N–H and O–H groups in total.